The zero-order valence-electron chi connectivity index (χ0n) is 11.2. The van der Waals surface area contributed by atoms with Crippen molar-refractivity contribution in [3.8, 4) is 11.1 Å². The second kappa shape index (κ2) is 4.60. The molecule has 0 atom stereocenters. The summed E-state index contributed by atoms with van der Waals surface area (Å²) in [6.45, 7) is 3.81. The zero-order valence-corrected chi connectivity index (χ0v) is 11.2. The van der Waals surface area contributed by atoms with E-state index in [9.17, 15) is 9.18 Å². The standard InChI is InChI=1S/C17H13FO2/c1-10-5-3-4-6-13(10)16-11(2)14-8-7-12(18)9-15(14)20-17(16)19/h3-9H,1-2H3. The van der Waals surface area contributed by atoms with Crippen LogP contribution in [0.4, 0.5) is 4.39 Å². The van der Waals surface area contributed by atoms with Crippen LogP contribution in [-0.2, 0) is 0 Å². The van der Waals surface area contributed by atoms with Crippen LogP contribution in [0.15, 0.2) is 51.7 Å². The molecule has 0 saturated heterocycles. The van der Waals surface area contributed by atoms with E-state index < -0.39 is 11.4 Å². The Hall–Kier alpha value is -2.42. The van der Waals surface area contributed by atoms with Crippen LogP contribution >= 0.6 is 0 Å². The van der Waals surface area contributed by atoms with Gasteiger partial charge in [-0.25, -0.2) is 9.18 Å². The summed E-state index contributed by atoms with van der Waals surface area (Å²) in [5.74, 6) is -0.413. The van der Waals surface area contributed by atoms with Gasteiger partial charge in [0.15, 0.2) is 0 Å². The van der Waals surface area contributed by atoms with Gasteiger partial charge in [-0.05, 0) is 42.7 Å². The van der Waals surface area contributed by atoms with E-state index in [1.54, 1.807) is 6.07 Å². The number of fused-ring (bicyclic) bond motifs is 1. The fraction of sp³-hybridized carbons (Fsp3) is 0.118. The van der Waals surface area contributed by atoms with Crippen LogP contribution < -0.4 is 5.63 Å². The summed E-state index contributed by atoms with van der Waals surface area (Å²) in [5.41, 5.74) is 3.06. The molecule has 3 aromatic rings. The van der Waals surface area contributed by atoms with Gasteiger partial charge in [-0.2, -0.15) is 0 Å². The van der Waals surface area contributed by atoms with E-state index in [4.69, 9.17) is 4.42 Å². The number of aryl methyl sites for hydroxylation is 2. The first kappa shape index (κ1) is 12.6. The van der Waals surface area contributed by atoms with Crippen molar-refractivity contribution >= 4 is 11.0 Å². The lowest BCUT2D eigenvalue weighted by Crippen LogP contribution is -2.07. The summed E-state index contributed by atoms with van der Waals surface area (Å²) in [7, 11) is 0. The first-order chi connectivity index (χ1) is 9.58. The molecular weight excluding hydrogens is 255 g/mol. The van der Waals surface area contributed by atoms with Crippen LogP contribution in [0.3, 0.4) is 0 Å². The van der Waals surface area contributed by atoms with E-state index in [1.807, 2.05) is 38.1 Å². The van der Waals surface area contributed by atoms with Gasteiger partial charge in [-0.1, -0.05) is 24.3 Å². The van der Waals surface area contributed by atoms with Gasteiger partial charge in [-0.15, -0.1) is 0 Å². The van der Waals surface area contributed by atoms with Crippen molar-refractivity contribution in [1.29, 1.82) is 0 Å². The SMILES string of the molecule is Cc1ccccc1-c1c(C)c2ccc(F)cc2oc1=O. The Balaban J connectivity index is 2.41. The molecule has 0 aliphatic heterocycles. The van der Waals surface area contributed by atoms with Gasteiger partial charge < -0.3 is 4.42 Å². The van der Waals surface area contributed by atoms with Crippen molar-refractivity contribution in [3.63, 3.8) is 0 Å². The Morgan fingerprint density at radius 3 is 2.55 bits per heavy atom. The molecular formula is C17H13FO2. The third-order valence-corrected chi connectivity index (χ3v) is 3.54. The van der Waals surface area contributed by atoms with Crippen molar-refractivity contribution < 1.29 is 8.81 Å². The van der Waals surface area contributed by atoms with Crippen LogP contribution in [-0.4, -0.2) is 0 Å². The topological polar surface area (TPSA) is 30.2 Å². The summed E-state index contributed by atoms with van der Waals surface area (Å²) >= 11 is 0. The molecule has 0 fully saturated rings. The molecule has 3 heteroatoms. The Morgan fingerprint density at radius 2 is 1.80 bits per heavy atom. The quantitative estimate of drug-likeness (QED) is 0.619. The average molecular weight is 268 g/mol. The monoisotopic (exact) mass is 268 g/mol. The minimum Gasteiger partial charge on any atom is -0.422 e. The lowest BCUT2D eigenvalue weighted by atomic mass is 9.96. The molecule has 3 rings (SSSR count). The molecule has 0 aliphatic rings. The molecule has 1 aromatic heterocycles. The minimum atomic E-state index is -0.435. The summed E-state index contributed by atoms with van der Waals surface area (Å²) in [6.07, 6.45) is 0. The smallest absolute Gasteiger partial charge is 0.344 e. The summed E-state index contributed by atoms with van der Waals surface area (Å²) in [6, 6.07) is 11.9. The number of hydrogen-bond acceptors (Lipinski definition) is 2. The second-order valence-electron chi connectivity index (χ2n) is 4.84. The lowest BCUT2D eigenvalue weighted by Gasteiger charge is -2.10. The Labute approximate surface area is 115 Å². The van der Waals surface area contributed by atoms with E-state index in [1.165, 1.54) is 12.1 Å². The molecule has 2 aromatic carbocycles. The molecule has 0 radical (unpaired) electrons. The van der Waals surface area contributed by atoms with Crippen molar-refractivity contribution in [2.75, 3.05) is 0 Å². The highest BCUT2D eigenvalue weighted by Crippen LogP contribution is 2.28. The summed E-state index contributed by atoms with van der Waals surface area (Å²) in [5, 5.41) is 0.754. The first-order valence-electron chi connectivity index (χ1n) is 6.37. The van der Waals surface area contributed by atoms with Gasteiger partial charge in [-0.3, -0.25) is 0 Å². The fourth-order valence-electron chi connectivity index (χ4n) is 2.49. The van der Waals surface area contributed by atoms with E-state index in [0.717, 1.165) is 22.1 Å². The van der Waals surface area contributed by atoms with Crippen LogP contribution in [0, 0.1) is 19.7 Å². The molecule has 0 spiro atoms. The predicted molar refractivity (Wildman–Crippen MR) is 77.4 cm³/mol. The second-order valence-corrected chi connectivity index (χ2v) is 4.84. The normalized spacial score (nSPS) is 10.9. The average Bonchev–Trinajstić information content (AvgIpc) is 2.40. The lowest BCUT2D eigenvalue weighted by molar-refractivity contribution is 0.555. The predicted octanol–water partition coefficient (Wildman–Crippen LogP) is 4.22. The number of benzene rings is 2. The highest BCUT2D eigenvalue weighted by Gasteiger charge is 2.14. The Morgan fingerprint density at radius 1 is 1.05 bits per heavy atom. The molecule has 0 amide bonds. The Kier molecular flexibility index (Phi) is 2.90. The highest BCUT2D eigenvalue weighted by atomic mass is 19.1. The van der Waals surface area contributed by atoms with Crippen molar-refractivity contribution in [2.45, 2.75) is 13.8 Å². The molecule has 0 aliphatic carbocycles. The van der Waals surface area contributed by atoms with Crippen LogP contribution in [0.2, 0.25) is 0 Å². The molecule has 100 valence electrons. The van der Waals surface area contributed by atoms with Gasteiger partial charge in [0, 0.05) is 11.5 Å². The molecule has 0 saturated carbocycles. The maximum atomic E-state index is 13.2. The minimum absolute atomic E-state index is 0.282. The van der Waals surface area contributed by atoms with E-state index in [0.29, 0.717) is 5.56 Å². The zero-order chi connectivity index (χ0) is 14.3. The van der Waals surface area contributed by atoms with E-state index in [2.05, 4.69) is 0 Å². The van der Waals surface area contributed by atoms with Crippen molar-refractivity contribution in [1.82, 2.24) is 0 Å². The summed E-state index contributed by atoms with van der Waals surface area (Å²) in [4.78, 5) is 12.2. The summed E-state index contributed by atoms with van der Waals surface area (Å²) < 4.78 is 18.5. The largest absolute Gasteiger partial charge is 0.422 e. The molecule has 1 heterocycles. The van der Waals surface area contributed by atoms with Crippen LogP contribution in [0.25, 0.3) is 22.1 Å². The third kappa shape index (κ3) is 1.92. The highest BCUT2D eigenvalue weighted by molar-refractivity contribution is 5.87. The molecule has 0 bridgehead atoms. The molecule has 2 nitrogen and oxygen atoms in total. The number of hydrogen-bond donors (Lipinski definition) is 0. The molecule has 0 N–H and O–H groups in total. The third-order valence-electron chi connectivity index (χ3n) is 3.54. The van der Waals surface area contributed by atoms with Crippen molar-refractivity contribution in [3.05, 3.63) is 69.8 Å². The molecule has 0 unspecified atom stereocenters. The first-order valence-corrected chi connectivity index (χ1v) is 6.37. The van der Waals surface area contributed by atoms with Gasteiger partial charge in [0.2, 0.25) is 0 Å². The maximum Gasteiger partial charge on any atom is 0.344 e. The maximum absolute atomic E-state index is 13.2. The van der Waals surface area contributed by atoms with Gasteiger partial charge in [0.05, 0.1) is 5.56 Å². The van der Waals surface area contributed by atoms with Gasteiger partial charge in [0.25, 0.3) is 0 Å². The van der Waals surface area contributed by atoms with Crippen LogP contribution in [0.1, 0.15) is 11.1 Å². The number of rotatable bonds is 1. The van der Waals surface area contributed by atoms with Gasteiger partial charge in [0.1, 0.15) is 11.4 Å². The fourth-order valence-corrected chi connectivity index (χ4v) is 2.49. The van der Waals surface area contributed by atoms with Crippen LogP contribution in [0.5, 0.6) is 0 Å². The van der Waals surface area contributed by atoms with Gasteiger partial charge >= 0.3 is 5.63 Å². The Bertz CT molecular complexity index is 862. The number of halogens is 1. The van der Waals surface area contributed by atoms with Crippen molar-refractivity contribution in [2.24, 2.45) is 0 Å². The van der Waals surface area contributed by atoms with E-state index in [-0.39, 0.29) is 5.58 Å². The molecule has 20 heavy (non-hydrogen) atoms. The van der Waals surface area contributed by atoms with E-state index >= 15 is 0 Å².